The molecule has 0 spiro atoms. The predicted octanol–water partition coefficient (Wildman–Crippen LogP) is 4.03. The average Bonchev–Trinajstić information content (AvgIpc) is 3.18. The molecule has 0 atom stereocenters. The van der Waals surface area contributed by atoms with E-state index in [1.807, 2.05) is 12.3 Å². The van der Waals surface area contributed by atoms with Crippen LogP contribution in [-0.2, 0) is 11.3 Å². The van der Waals surface area contributed by atoms with Crippen molar-refractivity contribution in [1.29, 1.82) is 0 Å². The van der Waals surface area contributed by atoms with Crippen LogP contribution < -0.4 is 4.90 Å². The third-order valence-electron chi connectivity index (χ3n) is 4.56. The maximum Gasteiger partial charge on any atom is 0.168 e. The first kappa shape index (κ1) is 16.3. The van der Waals surface area contributed by atoms with Gasteiger partial charge in [0.1, 0.15) is 17.6 Å². The highest BCUT2D eigenvalue weighted by Gasteiger charge is 2.25. The van der Waals surface area contributed by atoms with Crippen molar-refractivity contribution >= 4 is 23.3 Å². The van der Waals surface area contributed by atoms with Crippen LogP contribution in [0, 0.1) is 0 Å². The van der Waals surface area contributed by atoms with Crippen LogP contribution in [0.5, 0.6) is 0 Å². The minimum Gasteiger partial charge on any atom is -0.364 e. The molecule has 0 radical (unpaired) electrons. The Morgan fingerprint density at radius 2 is 1.96 bits per heavy atom. The van der Waals surface area contributed by atoms with Crippen LogP contribution in [0.15, 0.2) is 71.1 Å². The highest BCUT2D eigenvalue weighted by molar-refractivity contribution is 7.99. The van der Waals surface area contributed by atoms with E-state index in [9.17, 15) is 0 Å². The average molecular weight is 375 g/mol. The molecule has 6 nitrogen and oxygen atoms in total. The molecular formula is C20H17N5OS. The van der Waals surface area contributed by atoms with Crippen LogP contribution in [0.2, 0.25) is 0 Å². The summed E-state index contributed by atoms with van der Waals surface area (Å²) in [6, 6.07) is 12.7. The van der Waals surface area contributed by atoms with Crippen LogP contribution >= 0.6 is 11.8 Å². The van der Waals surface area contributed by atoms with E-state index in [0.29, 0.717) is 6.73 Å². The quantitative estimate of drug-likeness (QED) is 0.537. The number of anilines is 2. The summed E-state index contributed by atoms with van der Waals surface area (Å²) in [5.41, 5.74) is 3.44. The molecule has 27 heavy (non-hydrogen) atoms. The Labute approximate surface area is 161 Å². The van der Waals surface area contributed by atoms with Gasteiger partial charge in [-0.2, -0.15) is 0 Å². The Morgan fingerprint density at radius 1 is 1.04 bits per heavy atom. The second-order valence-corrected chi connectivity index (χ2v) is 7.33. The lowest BCUT2D eigenvalue weighted by atomic mass is 10.1. The van der Waals surface area contributed by atoms with Gasteiger partial charge < -0.3 is 9.30 Å². The summed E-state index contributed by atoms with van der Waals surface area (Å²) in [6.07, 6.45) is 7.35. The second kappa shape index (κ2) is 6.68. The Bertz CT molecular complexity index is 1080. The number of pyridine rings is 1. The molecule has 0 amide bonds. The molecule has 0 fully saturated rings. The van der Waals surface area contributed by atoms with E-state index in [0.717, 1.165) is 39.4 Å². The number of benzene rings is 1. The first-order valence-corrected chi connectivity index (χ1v) is 9.43. The number of aromatic nitrogens is 4. The van der Waals surface area contributed by atoms with Crippen molar-refractivity contribution in [3.05, 3.63) is 66.7 Å². The van der Waals surface area contributed by atoms with Gasteiger partial charge >= 0.3 is 0 Å². The molecule has 1 aromatic heterocycles. The Hall–Kier alpha value is -2.90. The van der Waals surface area contributed by atoms with Crippen molar-refractivity contribution in [3.8, 4) is 11.4 Å². The van der Waals surface area contributed by atoms with Gasteiger partial charge in [0.2, 0.25) is 0 Å². The number of rotatable bonds is 4. The summed E-state index contributed by atoms with van der Waals surface area (Å²) in [5.74, 6) is 1.83. The molecule has 0 saturated heterocycles. The van der Waals surface area contributed by atoms with Crippen molar-refractivity contribution in [1.82, 2.24) is 19.5 Å². The molecule has 1 aromatic carbocycles. The Morgan fingerprint density at radius 3 is 2.89 bits per heavy atom. The van der Waals surface area contributed by atoms with E-state index in [1.54, 1.807) is 31.3 Å². The first-order valence-electron chi connectivity index (χ1n) is 8.61. The fraction of sp³-hybridized carbons (Fsp3) is 0.150. The van der Waals surface area contributed by atoms with Gasteiger partial charge in [0.25, 0.3) is 0 Å². The van der Waals surface area contributed by atoms with E-state index in [2.05, 4.69) is 60.9 Å². The molecule has 5 rings (SSSR count). The maximum atomic E-state index is 5.43. The van der Waals surface area contributed by atoms with Crippen molar-refractivity contribution < 1.29 is 4.74 Å². The molecule has 2 aromatic rings. The largest absolute Gasteiger partial charge is 0.364 e. The predicted molar refractivity (Wildman–Crippen MR) is 105 cm³/mol. The number of methoxy groups -OCH3 is 1. The van der Waals surface area contributed by atoms with E-state index < -0.39 is 0 Å². The van der Waals surface area contributed by atoms with Gasteiger partial charge in [-0.05, 0) is 35.9 Å². The van der Waals surface area contributed by atoms with Gasteiger partial charge in [0, 0.05) is 48.9 Å². The molecule has 3 aliphatic rings. The highest BCUT2D eigenvalue weighted by atomic mass is 32.2. The summed E-state index contributed by atoms with van der Waals surface area (Å²) in [4.78, 5) is 16.7. The lowest BCUT2D eigenvalue weighted by Crippen LogP contribution is -2.24. The molecule has 0 unspecified atom stereocenters. The third kappa shape index (κ3) is 2.85. The number of ether oxygens (including phenoxy) is 1. The number of nitrogens with zero attached hydrogens (tertiary/aromatic N) is 5. The zero-order valence-corrected chi connectivity index (χ0v) is 15.6. The van der Waals surface area contributed by atoms with E-state index >= 15 is 0 Å². The van der Waals surface area contributed by atoms with E-state index in [1.165, 1.54) is 5.56 Å². The van der Waals surface area contributed by atoms with Crippen LogP contribution in [0.25, 0.3) is 11.4 Å². The molecule has 0 saturated carbocycles. The van der Waals surface area contributed by atoms with Crippen LogP contribution in [-0.4, -0.2) is 33.4 Å². The van der Waals surface area contributed by atoms with Crippen molar-refractivity contribution in [3.63, 3.8) is 0 Å². The molecule has 3 aliphatic heterocycles. The molecule has 134 valence electrons. The van der Waals surface area contributed by atoms with Crippen LogP contribution in [0.1, 0.15) is 5.56 Å². The SMILES string of the molecule is COCN1c2cc(Cn3cccc4ccnc3-4)ccc2Sc2nccnc21. The lowest BCUT2D eigenvalue weighted by Gasteiger charge is -2.30. The zero-order valence-electron chi connectivity index (χ0n) is 14.7. The van der Waals surface area contributed by atoms with Gasteiger partial charge in [0.05, 0.1) is 5.69 Å². The summed E-state index contributed by atoms with van der Waals surface area (Å²) in [6.45, 7) is 1.18. The molecule has 0 bridgehead atoms. The topological polar surface area (TPSA) is 56.1 Å². The summed E-state index contributed by atoms with van der Waals surface area (Å²) >= 11 is 1.64. The Kier molecular flexibility index (Phi) is 4.03. The minimum absolute atomic E-state index is 0.426. The van der Waals surface area contributed by atoms with E-state index in [4.69, 9.17) is 4.74 Å². The standard InChI is InChI=1S/C20H17N5OS/c1-26-13-25-16-11-14(12-24-10-2-3-15-6-7-21-18(15)24)4-5-17(16)27-20-19(25)22-8-9-23-20/h2-11H,12-13H2,1H3. The van der Waals surface area contributed by atoms with Crippen molar-refractivity contribution in [2.45, 2.75) is 16.5 Å². The minimum atomic E-state index is 0.426. The molecular weight excluding hydrogens is 358 g/mol. The van der Waals surface area contributed by atoms with Gasteiger partial charge in [-0.3, -0.25) is 4.90 Å². The lowest BCUT2D eigenvalue weighted by molar-refractivity contribution is 0.204. The first-order chi connectivity index (χ1) is 13.3. The van der Waals surface area contributed by atoms with Gasteiger partial charge in [-0.1, -0.05) is 17.8 Å². The van der Waals surface area contributed by atoms with Crippen molar-refractivity contribution in [2.75, 3.05) is 18.7 Å². The molecule has 4 heterocycles. The summed E-state index contributed by atoms with van der Waals surface area (Å²) in [7, 11) is 1.69. The molecule has 0 N–H and O–H groups in total. The van der Waals surface area contributed by atoms with Crippen LogP contribution in [0.4, 0.5) is 11.5 Å². The fourth-order valence-electron chi connectivity index (χ4n) is 3.36. The third-order valence-corrected chi connectivity index (χ3v) is 5.60. The normalized spacial score (nSPS) is 12.9. The fourth-order valence-corrected chi connectivity index (χ4v) is 4.35. The second-order valence-electron chi connectivity index (χ2n) is 6.29. The van der Waals surface area contributed by atoms with Crippen LogP contribution in [0.3, 0.4) is 0 Å². The number of hydrogen-bond acceptors (Lipinski definition) is 6. The maximum absolute atomic E-state index is 5.43. The monoisotopic (exact) mass is 375 g/mol. The highest BCUT2D eigenvalue weighted by Crippen LogP contribution is 2.46. The van der Waals surface area contributed by atoms with Gasteiger partial charge in [0.15, 0.2) is 5.82 Å². The van der Waals surface area contributed by atoms with Gasteiger partial charge in [-0.15, -0.1) is 0 Å². The smallest absolute Gasteiger partial charge is 0.168 e. The summed E-state index contributed by atoms with van der Waals surface area (Å²) in [5, 5.41) is 0.898. The van der Waals surface area contributed by atoms with E-state index in [-0.39, 0.29) is 0 Å². The molecule has 0 aliphatic carbocycles. The molecule has 7 heteroatoms. The zero-order chi connectivity index (χ0) is 18.2. The number of fused-ring (bicyclic) bond motifs is 3. The summed E-state index contributed by atoms with van der Waals surface area (Å²) < 4.78 is 7.60. The Balaban J connectivity index is 1.53. The number of hydrogen-bond donors (Lipinski definition) is 0. The van der Waals surface area contributed by atoms with Gasteiger partial charge in [-0.25, -0.2) is 15.0 Å². The van der Waals surface area contributed by atoms with Crippen molar-refractivity contribution in [2.24, 2.45) is 0 Å².